The molecule has 0 amide bonds. The maximum Gasteiger partial charge on any atom is 0.431 e. The molecule has 0 saturated heterocycles. The van der Waals surface area contributed by atoms with Crippen LogP contribution in [0.5, 0.6) is 5.75 Å². The van der Waals surface area contributed by atoms with Gasteiger partial charge in [0.1, 0.15) is 23.8 Å². The molecule has 12 heteroatoms. The lowest BCUT2D eigenvalue weighted by Gasteiger charge is -2.15. The van der Waals surface area contributed by atoms with E-state index in [9.17, 15) is 27.6 Å². The molecule has 162 valence electrons. The van der Waals surface area contributed by atoms with E-state index in [-0.39, 0.29) is 35.4 Å². The van der Waals surface area contributed by atoms with Crippen molar-refractivity contribution in [3.05, 3.63) is 67.7 Å². The molecular formula is C18H16ClF3N2O6. The Morgan fingerprint density at radius 2 is 1.93 bits per heavy atom. The summed E-state index contributed by atoms with van der Waals surface area (Å²) in [7, 11) is 0.888. The fraction of sp³-hybridized carbons (Fsp3) is 0.278. The maximum atomic E-state index is 13.0. The van der Waals surface area contributed by atoms with E-state index in [2.05, 4.69) is 0 Å². The molecule has 0 atom stereocenters. The summed E-state index contributed by atoms with van der Waals surface area (Å²) in [6, 6.07) is 4.00. The molecule has 0 aliphatic rings. The third-order valence-corrected chi connectivity index (χ3v) is 4.08. The van der Waals surface area contributed by atoms with E-state index >= 15 is 0 Å². The fourth-order valence-corrected chi connectivity index (χ4v) is 2.65. The van der Waals surface area contributed by atoms with E-state index < -0.39 is 29.1 Å². The highest BCUT2D eigenvalue weighted by molar-refractivity contribution is 6.32. The van der Waals surface area contributed by atoms with Gasteiger partial charge in [0.2, 0.25) is 0 Å². The number of carboxylic acids is 1. The Morgan fingerprint density at radius 1 is 1.27 bits per heavy atom. The third kappa shape index (κ3) is 5.23. The fourth-order valence-electron chi connectivity index (χ4n) is 2.47. The van der Waals surface area contributed by atoms with Gasteiger partial charge in [-0.3, -0.25) is 9.36 Å². The standard InChI is InChI=1S/C18H16ClF3N2O6/c1-3-29-11(7-16(26)27)9-30-13-6-10(4-5-12(13)19)24-15(25)8-14(18(20,21)22)23(2)17(24)28/h4-8H,3,9H2,1-2H3,(H,26,27). The van der Waals surface area contributed by atoms with Gasteiger partial charge in [-0.2, -0.15) is 13.2 Å². The second-order valence-corrected chi connectivity index (χ2v) is 6.24. The number of carbonyl (C=O) groups is 1. The molecule has 0 spiro atoms. The van der Waals surface area contributed by atoms with Crippen LogP contribution < -0.4 is 16.0 Å². The van der Waals surface area contributed by atoms with Crippen LogP contribution in [0.15, 0.2) is 45.7 Å². The monoisotopic (exact) mass is 448 g/mol. The van der Waals surface area contributed by atoms with Crippen molar-refractivity contribution in [2.45, 2.75) is 13.1 Å². The summed E-state index contributed by atoms with van der Waals surface area (Å²) in [5.74, 6) is -1.32. The lowest BCUT2D eigenvalue weighted by molar-refractivity contribution is -0.144. The average molecular weight is 449 g/mol. The third-order valence-electron chi connectivity index (χ3n) is 3.77. The first kappa shape index (κ1) is 23.1. The zero-order valence-corrected chi connectivity index (χ0v) is 16.5. The molecule has 1 aromatic carbocycles. The van der Waals surface area contributed by atoms with Crippen LogP contribution in [0.25, 0.3) is 5.69 Å². The molecule has 1 aromatic heterocycles. The molecule has 1 N–H and O–H groups in total. The highest BCUT2D eigenvalue weighted by Crippen LogP contribution is 2.28. The molecule has 0 radical (unpaired) electrons. The minimum atomic E-state index is -4.88. The van der Waals surface area contributed by atoms with Gasteiger partial charge >= 0.3 is 17.8 Å². The van der Waals surface area contributed by atoms with E-state index in [0.717, 1.165) is 13.1 Å². The molecule has 8 nitrogen and oxygen atoms in total. The molecule has 0 saturated carbocycles. The SMILES string of the molecule is CCOC(=CC(=O)O)COc1cc(-n2c(=O)cc(C(F)(F)F)n(C)c2=O)ccc1Cl. The highest BCUT2D eigenvalue weighted by Gasteiger charge is 2.35. The molecule has 0 aliphatic heterocycles. The molecule has 0 unspecified atom stereocenters. The van der Waals surface area contributed by atoms with Gasteiger partial charge in [0.25, 0.3) is 5.56 Å². The van der Waals surface area contributed by atoms with Crippen LogP contribution in [0.1, 0.15) is 12.6 Å². The van der Waals surface area contributed by atoms with E-state index in [0.29, 0.717) is 15.2 Å². The summed E-state index contributed by atoms with van der Waals surface area (Å²) in [6.45, 7) is 1.48. The van der Waals surface area contributed by atoms with Gasteiger partial charge in [0.15, 0.2) is 0 Å². The first-order valence-electron chi connectivity index (χ1n) is 8.35. The summed E-state index contributed by atoms with van der Waals surface area (Å²) in [6.07, 6.45) is -4.09. The van der Waals surface area contributed by atoms with E-state index in [1.54, 1.807) is 6.92 Å². The topological polar surface area (TPSA) is 99.8 Å². The molecular weight excluding hydrogens is 433 g/mol. The Bertz CT molecular complexity index is 1100. The number of halogens is 4. The van der Waals surface area contributed by atoms with Crippen LogP contribution in [0.3, 0.4) is 0 Å². The Morgan fingerprint density at radius 3 is 2.50 bits per heavy atom. The molecule has 0 aliphatic carbocycles. The maximum absolute atomic E-state index is 13.0. The number of rotatable bonds is 7. The van der Waals surface area contributed by atoms with E-state index in [1.807, 2.05) is 0 Å². The van der Waals surface area contributed by atoms with E-state index in [1.165, 1.54) is 18.2 Å². The number of ether oxygens (including phenoxy) is 2. The normalized spacial score (nSPS) is 12.0. The largest absolute Gasteiger partial charge is 0.494 e. The average Bonchev–Trinajstić information content (AvgIpc) is 2.63. The van der Waals surface area contributed by atoms with Crippen LogP contribution in [-0.2, 0) is 22.8 Å². The van der Waals surface area contributed by atoms with E-state index in [4.69, 9.17) is 26.2 Å². The van der Waals surface area contributed by atoms with Crippen molar-refractivity contribution in [3.63, 3.8) is 0 Å². The zero-order chi connectivity index (χ0) is 22.6. The van der Waals surface area contributed by atoms with Crippen molar-refractivity contribution in [2.75, 3.05) is 13.2 Å². The summed E-state index contributed by atoms with van der Waals surface area (Å²) in [5.41, 5.74) is -3.89. The number of aromatic nitrogens is 2. The number of nitrogens with zero attached hydrogens (tertiary/aromatic N) is 2. The van der Waals surface area contributed by atoms with Crippen molar-refractivity contribution in [3.8, 4) is 11.4 Å². The Labute approximate surface area is 172 Å². The van der Waals surface area contributed by atoms with Gasteiger partial charge in [0, 0.05) is 19.2 Å². The number of alkyl halides is 3. The Balaban J connectivity index is 2.47. The Hall–Kier alpha value is -3.21. The second-order valence-electron chi connectivity index (χ2n) is 5.83. The predicted octanol–water partition coefficient (Wildman–Crippen LogP) is 2.59. The minimum absolute atomic E-state index is 0.0194. The van der Waals surface area contributed by atoms with Gasteiger partial charge < -0.3 is 14.6 Å². The van der Waals surface area contributed by atoms with Crippen LogP contribution in [0.4, 0.5) is 13.2 Å². The number of hydrogen-bond donors (Lipinski definition) is 1. The van der Waals surface area contributed by atoms with Crippen molar-refractivity contribution in [1.82, 2.24) is 9.13 Å². The first-order valence-corrected chi connectivity index (χ1v) is 8.72. The molecule has 30 heavy (non-hydrogen) atoms. The van der Waals surface area contributed by atoms with Gasteiger partial charge in [-0.1, -0.05) is 11.6 Å². The molecule has 2 aromatic rings. The zero-order valence-electron chi connectivity index (χ0n) is 15.7. The van der Waals surface area contributed by atoms with Gasteiger partial charge in [-0.25, -0.2) is 14.2 Å². The van der Waals surface area contributed by atoms with Crippen molar-refractivity contribution < 1.29 is 32.5 Å². The summed E-state index contributed by atoms with van der Waals surface area (Å²) in [5, 5.41) is 8.89. The lowest BCUT2D eigenvalue weighted by atomic mass is 10.3. The Kier molecular flexibility index (Phi) is 6.98. The molecule has 0 fully saturated rings. The summed E-state index contributed by atoms with van der Waals surface area (Å²) in [4.78, 5) is 35.4. The predicted molar refractivity (Wildman–Crippen MR) is 100 cm³/mol. The number of benzene rings is 1. The van der Waals surface area contributed by atoms with Crippen LogP contribution in [-0.4, -0.2) is 33.4 Å². The van der Waals surface area contributed by atoms with Crippen molar-refractivity contribution in [1.29, 1.82) is 0 Å². The van der Waals surface area contributed by atoms with Crippen LogP contribution in [0, 0.1) is 0 Å². The number of hydrogen-bond acceptors (Lipinski definition) is 5. The lowest BCUT2D eigenvalue weighted by Crippen LogP contribution is -2.40. The van der Waals surface area contributed by atoms with Gasteiger partial charge in [-0.05, 0) is 19.1 Å². The van der Waals surface area contributed by atoms with Gasteiger partial charge in [0.05, 0.1) is 23.4 Å². The molecule has 0 bridgehead atoms. The van der Waals surface area contributed by atoms with Crippen molar-refractivity contribution >= 4 is 17.6 Å². The van der Waals surface area contributed by atoms with Crippen LogP contribution in [0.2, 0.25) is 5.02 Å². The first-order chi connectivity index (χ1) is 14.0. The number of carboxylic acid groups (broad SMARTS) is 1. The highest BCUT2D eigenvalue weighted by atomic mass is 35.5. The summed E-state index contributed by atoms with van der Waals surface area (Å²) >= 11 is 6.02. The quantitative estimate of drug-likeness (QED) is 0.516. The molecule has 1 heterocycles. The van der Waals surface area contributed by atoms with Crippen molar-refractivity contribution in [2.24, 2.45) is 7.05 Å². The minimum Gasteiger partial charge on any atom is -0.494 e. The number of aliphatic carboxylic acids is 1. The van der Waals surface area contributed by atoms with Gasteiger partial charge in [-0.15, -0.1) is 0 Å². The summed E-state index contributed by atoms with van der Waals surface area (Å²) < 4.78 is 50.3. The second kappa shape index (κ2) is 9.08. The molecule has 2 rings (SSSR count). The van der Waals surface area contributed by atoms with Crippen LogP contribution >= 0.6 is 11.6 Å². The smallest absolute Gasteiger partial charge is 0.431 e.